The van der Waals surface area contributed by atoms with Crippen molar-refractivity contribution in [3.8, 4) is 22.6 Å². The highest BCUT2D eigenvalue weighted by Crippen LogP contribution is 2.29. The summed E-state index contributed by atoms with van der Waals surface area (Å²) in [4.78, 5) is 4.26. The molecule has 3 nitrogen and oxygen atoms in total. The molecule has 0 amide bonds. The fourth-order valence-electron chi connectivity index (χ4n) is 2.39. The summed E-state index contributed by atoms with van der Waals surface area (Å²) < 4.78 is 5.21. The van der Waals surface area contributed by atoms with Gasteiger partial charge in [-0.25, -0.2) is 0 Å². The molecule has 0 aliphatic heterocycles. The second kappa shape index (κ2) is 4.93. The zero-order valence-electron chi connectivity index (χ0n) is 11.8. The van der Waals surface area contributed by atoms with Crippen LogP contribution >= 0.6 is 0 Å². The summed E-state index contributed by atoms with van der Waals surface area (Å²) in [5.41, 5.74) is 5.94. The van der Waals surface area contributed by atoms with Crippen LogP contribution in [0.3, 0.4) is 0 Å². The maximum absolute atomic E-state index is 5.21. The van der Waals surface area contributed by atoms with E-state index in [4.69, 9.17) is 4.52 Å². The first kappa shape index (κ1) is 12.6. The molecule has 0 saturated heterocycles. The van der Waals surface area contributed by atoms with E-state index in [1.165, 1.54) is 22.3 Å². The third-order valence-electron chi connectivity index (χ3n) is 3.44. The number of benzene rings is 2. The van der Waals surface area contributed by atoms with Crippen LogP contribution in [0.4, 0.5) is 0 Å². The van der Waals surface area contributed by atoms with Crippen LogP contribution in [0.15, 0.2) is 47.0 Å². The zero-order chi connectivity index (χ0) is 14.1. The second-order valence-corrected chi connectivity index (χ2v) is 4.99. The Morgan fingerprint density at radius 2 is 1.60 bits per heavy atom. The molecule has 0 fully saturated rings. The van der Waals surface area contributed by atoms with Crippen LogP contribution in [0.1, 0.15) is 17.0 Å². The maximum atomic E-state index is 5.21. The third kappa shape index (κ3) is 2.23. The quantitative estimate of drug-likeness (QED) is 0.691. The van der Waals surface area contributed by atoms with Crippen molar-refractivity contribution in [1.29, 1.82) is 0 Å². The Hall–Kier alpha value is -2.42. The summed E-state index contributed by atoms with van der Waals surface area (Å²) >= 11 is 0. The Morgan fingerprint density at radius 3 is 2.25 bits per heavy atom. The van der Waals surface area contributed by atoms with E-state index in [0.717, 1.165) is 5.56 Å². The van der Waals surface area contributed by atoms with Crippen molar-refractivity contribution in [1.82, 2.24) is 10.1 Å². The summed E-state index contributed by atoms with van der Waals surface area (Å²) in [6.45, 7) is 6.06. The molecular weight excluding hydrogens is 248 g/mol. The van der Waals surface area contributed by atoms with E-state index < -0.39 is 0 Å². The minimum absolute atomic E-state index is 0.571. The number of nitrogens with zero attached hydrogens (tertiary/aromatic N) is 2. The molecule has 0 N–H and O–H groups in total. The number of hydrogen-bond acceptors (Lipinski definition) is 3. The van der Waals surface area contributed by atoms with Crippen LogP contribution < -0.4 is 0 Å². The maximum Gasteiger partial charge on any atom is 0.257 e. The molecule has 0 atom stereocenters. The smallest absolute Gasteiger partial charge is 0.257 e. The number of aryl methyl sites for hydroxylation is 3. The Bertz CT molecular complexity index is 759. The Kier molecular flexibility index (Phi) is 3.11. The lowest BCUT2D eigenvalue weighted by atomic mass is 9.95. The topological polar surface area (TPSA) is 38.9 Å². The number of rotatable bonds is 2. The normalized spacial score (nSPS) is 10.8. The van der Waals surface area contributed by atoms with E-state index in [0.29, 0.717) is 11.7 Å². The molecule has 3 rings (SSSR count). The highest BCUT2D eigenvalue weighted by molar-refractivity contribution is 5.73. The van der Waals surface area contributed by atoms with Crippen LogP contribution in [-0.2, 0) is 0 Å². The summed E-state index contributed by atoms with van der Waals surface area (Å²) in [5.74, 6) is 1.22. The van der Waals surface area contributed by atoms with Crippen LogP contribution in [-0.4, -0.2) is 10.1 Å². The summed E-state index contributed by atoms with van der Waals surface area (Å²) in [6, 6.07) is 14.6. The molecule has 2 aromatic carbocycles. The lowest BCUT2D eigenvalue weighted by molar-refractivity contribution is 0.425. The van der Waals surface area contributed by atoms with E-state index in [-0.39, 0.29) is 0 Å². The van der Waals surface area contributed by atoms with E-state index in [9.17, 15) is 0 Å². The van der Waals surface area contributed by atoms with E-state index in [1.807, 2.05) is 13.0 Å². The van der Waals surface area contributed by atoms with Gasteiger partial charge in [-0.15, -0.1) is 0 Å². The molecular formula is C17H16N2O. The molecule has 0 aliphatic carbocycles. The summed E-state index contributed by atoms with van der Waals surface area (Å²) in [7, 11) is 0. The molecule has 100 valence electrons. The van der Waals surface area contributed by atoms with Crippen LogP contribution in [0.5, 0.6) is 0 Å². The Labute approximate surface area is 118 Å². The first-order valence-electron chi connectivity index (χ1n) is 6.62. The van der Waals surface area contributed by atoms with Gasteiger partial charge in [-0.3, -0.25) is 0 Å². The fourth-order valence-corrected chi connectivity index (χ4v) is 2.39. The number of aromatic nitrogens is 2. The fraction of sp³-hybridized carbons (Fsp3) is 0.176. The van der Waals surface area contributed by atoms with Gasteiger partial charge in [0.25, 0.3) is 5.89 Å². The van der Waals surface area contributed by atoms with Gasteiger partial charge in [0.15, 0.2) is 5.82 Å². The van der Waals surface area contributed by atoms with E-state index in [1.54, 1.807) is 0 Å². The molecule has 0 spiro atoms. The number of hydrogen-bond donors (Lipinski definition) is 0. The molecule has 1 aromatic heterocycles. The molecule has 1 heterocycles. The van der Waals surface area contributed by atoms with Gasteiger partial charge in [0.05, 0.1) is 0 Å². The van der Waals surface area contributed by atoms with Gasteiger partial charge in [0.1, 0.15) is 0 Å². The van der Waals surface area contributed by atoms with E-state index in [2.05, 4.69) is 60.4 Å². The average molecular weight is 264 g/mol. The van der Waals surface area contributed by atoms with Crippen molar-refractivity contribution < 1.29 is 4.52 Å². The monoisotopic (exact) mass is 264 g/mol. The van der Waals surface area contributed by atoms with E-state index >= 15 is 0 Å². The zero-order valence-corrected chi connectivity index (χ0v) is 11.8. The highest BCUT2D eigenvalue weighted by atomic mass is 16.5. The molecule has 0 saturated carbocycles. The van der Waals surface area contributed by atoms with Crippen molar-refractivity contribution in [3.05, 3.63) is 59.4 Å². The lowest BCUT2D eigenvalue weighted by Crippen LogP contribution is -1.88. The Morgan fingerprint density at radius 1 is 0.850 bits per heavy atom. The van der Waals surface area contributed by atoms with Crippen molar-refractivity contribution in [2.45, 2.75) is 20.8 Å². The van der Waals surface area contributed by atoms with Gasteiger partial charge in [0.2, 0.25) is 0 Å². The first-order chi connectivity index (χ1) is 9.65. The largest absolute Gasteiger partial charge is 0.334 e. The summed E-state index contributed by atoms with van der Waals surface area (Å²) in [6.07, 6.45) is 0. The standard InChI is InChI=1S/C17H16N2O/c1-11-6-4-5-7-15(11)16-9-8-14(10-12(16)2)17-18-13(3)19-20-17/h4-10H,1-3H3. The van der Waals surface area contributed by atoms with Crippen molar-refractivity contribution >= 4 is 0 Å². The predicted octanol–water partition coefficient (Wildman–Crippen LogP) is 4.33. The van der Waals surface area contributed by atoms with Gasteiger partial charge in [-0.2, -0.15) is 4.98 Å². The summed E-state index contributed by atoms with van der Waals surface area (Å²) in [5, 5.41) is 3.83. The molecule has 0 bridgehead atoms. The minimum Gasteiger partial charge on any atom is -0.334 e. The van der Waals surface area contributed by atoms with Gasteiger partial charge in [-0.1, -0.05) is 35.5 Å². The third-order valence-corrected chi connectivity index (χ3v) is 3.44. The van der Waals surface area contributed by atoms with Crippen LogP contribution in [0, 0.1) is 20.8 Å². The van der Waals surface area contributed by atoms with Crippen molar-refractivity contribution in [2.24, 2.45) is 0 Å². The first-order valence-corrected chi connectivity index (χ1v) is 6.62. The SMILES string of the molecule is Cc1noc(-c2ccc(-c3ccccc3C)c(C)c2)n1. The highest BCUT2D eigenvalue weighted by Gasteiger charge is 2.10. The second-order valence-electron chi connectivity index (χ2n) is 4.99. The Balaban J connectivity index is 2.06. The van der Waals surface area contributed by atoms with Gasteiger partial charge >= 0.3 is 0 Å². The van der Waals surface area contributed by atoms with Gasteiger partial charge < -0.3 is 4.52 Å². The molecule has 0 aliphatic rings. The predicted molar refractivity (Wildman–Crippen MR) is 79.4 cm³/mol. The van der Waals surface area contributed by atoms with Crippen LogP contribution in [0.2, 0.25) is 0 Å². The molecule has 0 radical (unpaired) electrons. The molecule has 3 heteroatoms. The molecule has 0 unspecified atom stereocenters. The van der Waals surface area contributed by atoms with Crippen LogP contribution in [0.25, 0.3) is 22.6 Å². The van der Waals surface area contributed by atoms with Gasteiger partial charge in [0, 0.05) is 5.56 Å². The average Bonchev–Trinajstić information content (AvgIpc) is 2.86. The molecule has 3 aromatic rings. The minimum atomic E-state index is 0.571. The van der Waals surface area contributed by atoms with Crippen molar-refractivity contribution in [3.63, 3.8) is 0 Å². The van der Waals surface area contributed by atoms with Gasteiger partial charge in [-0.05, 0) is 55.2 Å². The molecule has 20 heavy (non-hydrogen) atoms. The van der Waals surface area contributed by atoms with Crippen molar-refractivity contribution in [2.75, 3.05) is 0 Å². The lowest BCUT2D eigenvalue weighted by Gasteiger charge is -2.10.